The lowest BCUT2D eigenvalue weighted by Gasteiger charge is -2.11. The minimum Gasteiger partial charge on any atom is -0.488 e. The molecule has 0 aliphatic rings. The maximum Gasteiger partial charge on any atom is 0.340 e. The first kappa shape index (κ1) is 23.9. The highest BCUT2D eigenvalue weighted by molar-refractivity contribution is 9.10. The number of benzene rings is 2. The van der Waals surface area contributed by atoms with Gasteiger partial charge in [-0.2, -0.15) is 0 Å². The van der Waals surface area contributed by atoms with Gasteiger partial charge in [0.05, 0.1) is 34.8 Å². The van der Waals surface area contributed by atoms with Gasteiger partial charge >= 0.3 is 11.9 Å². The molecule has 0 aliphatic heterocycles. The number of rotatable bonds is 9. The van der Waals surface area contributed by atoms with E-state index in [4.69, 9.17) is 14.2 Å². The monoisotopic (exact) mass is 501 g/mol. The van der Waals surface area contributed by atoms with Gasteiger partial charge in [-0.1, -0.05) is 25.5 Å². The molecule has 0 bridgehead atoms. The van der Waals surface area contributed by atoms with Crippen LogP contribution >= 0.6 is 15.9 Å². The van der Waals surface area contributed by atoms with Crippen molar-refractivity contribution < 1.29 is 23.8 Å². The third-order valence-corrected chi connectivity index (χ3v) is 5.98. The third-order valence-electron chi connectivity index (χ3n) is 5.36. The molecule has 0 amide bonds. The fourth-order valence-electron chi connectivity index (χ4n) is 3.67. The summed E-state index contributed by atoms with van der Waals surface area (Å²) in [5.41, 5.74) is 3.85. The van der Waals surface area contributed by atoms with Crippen LogP contribution in [0.1, 0.15) is 58.7 Å². The van der Waals surface area contributed by atoms with Crippen LogP contribution in [0.3, 0.4) is 0 Å². The lowest BCUT2D eigenvalue weighted by Crippen LogP contribution is -2.07. The normalized spacial score (nSPS) is 10.9. The molecular weight excluding hydrogens is 474 g/mol. The predicted molar refractivity (Wildman–Crippen MR) is 127 cm³/mol. The Morgan fingerprint density at radius 3 is 2.41 bits per heavy atom. The minimum absolute atomic E-state index is 0.315. The van der Waals surface area contributed by atoms with Gasteiger partial charge < -0.3 is 18.8 Å². The number of ether oxygens (including phenoxy) is 3. The Hall–Kier alpha value is -2.80. The molecule has 0 fully saturated rings. The van der Waals surface area contributed by atoms with E-state index in [1.165, 1.54) is 7.11 Å². The smallest absolute Gasteiger partial charge is 0.340 e. The number of esters is 2. The molecule has 0 radical (unpaired) electrons. The molecule has 0 spiro atoms. The summed E-state index contributed by atoms with van der Waals surface area (Å²) in [6.07, 6.45) is 2.08. The van der Waals surface area contributed by atoms with Gasteiger partial charge in [-0.05, 0) is 66.0 Å². The Kier molecular flexibility index (Phi) is 7.96. The number of unbranched alkanes of at least 4 members (excludes halogenated alkanes) is 1. The summed E-state index contributed by atoms with van der Waals surface area (Å²) in [6, 6.07) is 11.0. The van der Waals surface area contributed by atoms with Crippen molar-refractivity contribution in [3.63, 3.8) is 0 Å². The van der Waals surface area contributed by atoms with Gasteiger partial charge in [-0.15, -0.1) is 0 Å². The van der Waals surface area contributed by atoms with Crippen LogP contribution < -0.4 is 4.74 Å². The van der Waals surface area contributed by atoms with E-state index >= 15 is 0 Å². The highest BCUT2D eigenvalue weighted by Crippen LogP contribution is 2.36. The Labute approximate surface area is 196 Å². The van der Waals surface area contributed by atoms with Crippen molar-refractivity contribution >= 4 is 38.8 Å². The van der Waals surface area contributed by atoms with Gasteiger partial charge in [0.25, 0.3) is 0 Å². The van der Waals surface area contributed by atoms with Crippen molar-refractivity contribution in [3.8, 4) is 5.75 Å². The van der Waals surface area contributed by atoms with Crippen molar-refractivity contribution in [2.75, 3.05) is 13.7 Å². The summed E-state index contributed by atoms with van der Waals surface area (Å²) in [7, 11) is 1.36. The van der Waals surface area contributed by atoms with Gasteiger partial charge in [-0.3, -0.25) is 0 Å². The lowest BCUT2D eigenvalue weighted by molar-refractivity contribution is 0.0526. The molecule has 0 N–H and O–H groups in total. The fourth-order valence-corrected chi connectivity index (χ4v) is 4.11. The van der Waals surface area contributed by atoms with E-state index in [0.717, 1.165) is 46.0 Å². The molecule has 6 nitrogen and oxygen atoms in total. The molecular formula is C25H28BrNO5. The molecule has 0 aliphatic carbocycles. The van der Waals surface area contributed by atoms with E-state index in [0.29, 0.717) is 30.1 Å². The Bertz CT molecular complexity index is 1120. The minimum atomic E-state index is -0.375. The van der Waals surface area contributed by atoms with Crippen LogP contribution in [0, 0.1) is 6.92 Å². The van der Waals surface area contributed by atoms with Gasteiger partial charge in [0.2, 0.25) is 0 Å². The number of nitrogens with zero attached hydrogens (tertiary/aromatic N) is 1. The zero-order chi connectivity index (χ0) is 23.3. The predicted octanol–water partition coefficient (Wildman–Crippen LogP) is 6.05. The number of aryl methyl sites for hydroxylation is 1. The van der Waals surface area contributed by atoms with Crippen LogP contribution in [0.4, 0.5) is 0 Å². The molecule has 0 saturated heterocycles. The number of carbonyl (C=O) groups is 2. The molecule has 3 rings (SSSR count). The Balaban J connectivity index is 1.94. The quantitative estimate of drug-likeness (QED) is 0.333. The summed E-state index contributed by atoms with van der Waals surface area (Å²) in [5, 5.41) is 0.816. The zero-order valence-electron chi connectivity index (χ0n) is 18.9. The van der Waals surface area contributed by atoms with Crippen LogP contribution in [0.5, 0.6) is 5.75 Å². The van der Waals surface area contributed by atoms with Crippen molar-refractivity contribution in [2.45, 2.75) is 46.8 Å². The first-order chi connectivity index (χ1) is 15.4. The molecule has 1 heterocycles. The van der Waals surface area contributed by atoms with E-state index in [1.54, 1.807) is 19.1 Å². The molecule has 1 aromatic heterocycles. The Morgan fingerprint density at radius 1 is 1.06 bits per heavy atom. The highest BCUT2D eigenvalue weighted by atomic mass is 79.9. The Morgan fingerprint density at radius 2 is 1.78 bits per heavy atom. The van der Waals surface area contributed by atoms with Gasteiger partial charge in [0.15, 0.2) is 0 Å². The number of fused-ring (bicyclic) bond motifs is 1. The average Bonchev–Trinajstić information content (AvgIpc) is 3.06. The number of aromatic nitrogens is 1. The second kappa shape index (κ2) is 10.7. The van der Waals surface area contributed by atoms with E-state index in [1.807, 2.05) is 31.2 Å². The molecule has 0 saturated carbocycles. The first-order valence-corrected chi connectivity index (χ1v) is 11.5. The number of hydrogen-bond acceptors (Lipinski definition) is 5. The summed E-state index contributed by atoms with van der Waals surface area (Å²) in [6.45, 7) is 7.38. The van der Waals surface area contributed by atoms with Gasteiger partial charge in [0, 0.05) is 17.6 Å². The second-order valence-corrected chi connectivity index (χ2v) is 8.32. The molecule has 0 unspecified atom stereocenters. The highest BCUT2D eigenvalue weighted by Gasteiger charge is 2.22. The SMILES string of the molecule is CCCCn1c(C)c(C(=O)OCC)c2cc(OCc3ccc(C(=O)OC)cc3)c(Br)cc21. The summed E-state index contributed by atoms with van der Waals surface area (Å²) >= 11 is 3.62. The number of hydrogen-bond donors (Lipinski definition) is 0. The van der Waals surface area contributed by atoms with Crippen molar-refractivity contribution in [1.29, 1.82) is 0 Å². The molecule has 32 heavy (non-hydrogen) atoms. The van der Waals surface area contributed by atoms with Crippen molar-refractivity contribution in [1.82, 2.24) is 4.57 Å². The number of methoxy groups -OCH3 is 1. The molecule has 0 atom stereocenters. The summed E-state index contributed by atoms with van der Waals surface area (Å²) in [5.74, 6) is -0.0650. The third kappa shape index (κ3) is 4.99. The molecule has 2 aromatic carbocycles. The first-order valence-electron chi connectivity index (χ1n) is 10.7. The van der Waals surface area contributed by atoms with Gasteiger partial charge in [0.1, 0.15) is 12.4 Å². The van der Waals surface area contributed by atoms with E-state index in [-0.39, 0.29) is 11.9 Å². The zero-order valence-corrected chi connectivity index (χ0v) is 20.5. The molecule has 170 valence electrons. The van der Waals surface area contributed by atoms with Crippen LogP contribution in [0.15, 0.2) is 40.9 Å². The van der Waals surface area contributed by atoms with Crippen LogP contribution in [-0.2, 0) is 22.6 Å². The van der Waals surface area contributed by atoms with Crippen LogP contribution in [0.2, 0.25) is 0 Å². The topological polar surface area (TPSA) is 66.8 Å². The van der Waals surface area contributed by atoms with Gasteiger partial charge in [-0.25, -0.2) is 9.59 Å². The van der Waals surface area contributed by atoms with Crippen molar-refractivity contribution in [3.05, 3.63) is 63.3 Å². The molecule has 7 heteroatoms. The second-order valence-electron chi connectivity index (χ2n) is 7.46. The summed E-state index contributed by atoms with van der Waals surface area (Å²) in [4.78, 5) is 24.3. The average molecular weight is 502 g/mol. The summed E-state index contributed by atoms with van der Waals surface area (Å²) < 4.78 is 19.1. The van der Waals surface area contributed by atoms with E-state index in [2.05, 4.69) is 27.4 Å². The largest absolute Gasteiger partial charge is 0.488 e. The number of halogens is 1. The lowest BCUT2D eigenvalue weighted by atomic mass is 10.1. The van der Waals surface area contributed by atoms with E-state index < -0.39 is 0 Å². The van der Waals surface area contributed by atoms with E-state index in [9.17, 15) is 9.59 Å². The fraction of sp³-hybridized carbons (Fsp3) is 0.360. The standard InChI is InChI=1S/C25H28BrNO5/c1-5-7-12-27-16(3)23(25(29)31-6-2)19-13-22(20(26)14-21(19)27)32-15-17-8-10-18(11-9-17)24(28)30-4/h8-11,13-14H,5-7,12,15H2,1-4H3. The van der Waals surface area contributed by atoms with Crippen molar-refractivity contribution in [2.24, 2.45) is 0 Å². The van der Waals surface area contributed by atoms with Crippen LogP contribution in [-0.4, -0.2) is 30.2 Å². The number of carbonyl (C=O) groups excluding carboxylic acids is 2. The maximum absolute atomic E-state index is 12.7. The molecule has 3 aromatic rings. The van der Waals surface area contributed by atoms with Crippen LogP contribution in [0.25, 0.3) is 10.9 Å². The maximum atomic E-state index is 12.7.